The van der Waals surface area contributed by atoms with Gasteiger partial charge in [-0.25, -0.2) is 15.0 Å². The van der Waals surface area contributed by atoms with Gasteiger partial charge in [-0.1, -0.05) is 11.6 Å². The Kier molecular flexibility index (Phi) is 3.66. The molecule has 1 aliphatic carbocycles. The van der Waals surface area contributed by atoms with E-state index in [9.17, 15) is 0 Å². The molecule has 0 atom stereocenters. The van der Waals surface area contributed by atoms with Crippen LogP contribution in [0.4, 0.5) is 10.9 Å². The SMILES string of the molecule is Cc1csc(N2CCN(c3cc(Cl)nc(C4CC4)n3)CC2)n1. The third-order valence-corrected chi connectivity index (χ3v) is 5.34. The van der Waals surface area contributed by atoms with Gasteiger partial charge in [0.05, 0.1) is 5.69 Å². The molecule has 0 bridgehead atoms. The predicted molar refractivity (Wildman–Crippen MR) is 90.3 cm³/mol. The van der Waals surface area contributed by atoms with E-state index in [1.807, 2.05) is 13.0 Å². The number of rotatable bonds is 3. The van der Waals surface area contributed by atoms with Crippen LogP contribution in [0.5, 0.6) is 0 Å². The van der Waals surface area contributed by atoms with E-state index in [1.165, 1.54) is 12.8 Å². The lowest BCUT2D eigenvalue weighted by molar-refractivity contribution is 0.643. The summed E-state index contributed by atoms with van der Waals surface area (Å²) >= 11 is 7.89. The van der Waals surface area contributed by atoms with Crippen molar-refractivity contribution in [2.45, 2.75) is 25.7 Å². The number of hydrogen-bond donors (Lipinski definition) is 0. The Bertz CT molecular complexity index is 676. The van der Waals surface area contributed by atoms with Crippen molar-refractivity contribution in [2.75, 3.05) is 36.0 Å². The summed E-state index contributed by atoms with van der Waals surface area (Å²) in [7, 11) is 0. The summed E-state index contributed by atoms with van der Waals surface area (Å²) < 4.78 is 0. The monoisotopic (exact) mass is 335 g/mol. The third kappa shape index (κ3) is 2.90. The Morgan fingerprint density at radius 3 is 2.45 bits per heavy atom. The zero-order valence-corrected chi connectivity index (χ0v) is 14.1. The van der Waals surface area contributed by atoms with Crippen LogP contribution in [-0.4, -0.2) is 41.1 Å². The number of thiazole rings is 1. The molecular formula is C15H18ClN5S. The van der Waals surface area contributed by atoms with E-state index in [2.05, 4.69) is 25.1 Å². The first kappa shape index (κ1) is 14.2. The molecule has 0 aromatic carbocycles. The molecule has 22 heavy (non-hydrogen) atoms. The second-order valence-corrected chi connectivity index (χ2v) is 7.15. The molecule has 0 unspecified atom stereocenters. The summed E-state index contributed by atoms with van der Waals surface area (Å²) in [5, 5.41) is 3.79. The Morgan fingerprint density at radius 1 is 1.09 bits per heavy atom. The number of piperazine rings is 1. The van der Waals surface area contributed by atoms with Crippen molar-refractivity contribution < 1.29 is 0 Å². The molecule has 0 N–H and O–H groups in total. The van der Waals surface area contributed by atoms with E-state index in [-0.39, 0.29) is 0 Å². The highest BCUT2D eigenvalue weighted by molar-refractivity contribution is 7.13. The molecule has 7 heteroatoms. The summed E-state index contributed by atoms with van der Waals surface area (Å²) in [5.41, 5.74) is 1.10. The van der Waals surface area contributed by atoms with Crippen LogP contribution in [0.1, 0.15) is 30.3 Å². The first-order valence-electron chi connectivity index (χ1n) is 7.65. The zero-order chi connectivity index (χ0) is 15.1. The van der Waals surface area contributed by atoms with E-state index >= 15 is 0 Å². The Balaban J connectivity index is 1.47. The fraction of sp³-hybridized carbons (Fsp3) is 0.533. The molecule has 2 aromatic heterocycles. The van der Waals surface area contributed by atoms with E-state index in [0.717, 1.165) is 48.6 Å². The standard InChI is InChI=1S/C15H18ClN5S/c1-10-9-22-15(17-10)21-6-4-20(5-7-21)13-8-12(16)18-14(19-13)11-2-3-11/h8-9,11H,2-7H2,1H3. The van der Waals surface area contributed by atoms with Gasteiger partial charge in [0.15, 0.2) is 5.13 Å². The summed E-state index contributed by atoms with van der Waals surface area (Å²) in [5.74, 6) is 2.41. The zero-order valence-electron chi connectivity index (χ0n) is 12.5. The molecule has 1 saturated heterocycles. The van der Waals surface area contributed by atoms with Crippen molar-refractivity contribution >= 4 is 33.9 Å². The quantitative estimate of drug-likeness (QED) is 0.806. The van der Waals surface area contributed by atoms with Crippen LogP contribution < -0.4 is 9.80 Å². The van der Waals surface area contributed by atoms with E-state index in [1.54, 1.807) is 11.3 Å². The first-order valence-corrected chi connectivity index (χ1v) is 8.91. The van der Waals surface area contributed by atoms with Crippen LogP contribution in [0, 0.1) is 6.92 Å². The maximum absolute atomic E-state index is 6.17. The van der Waals surface area contributed by atoms with Gasteiger partial charge in [-0.05, 0) is 19.8 Å². The molecule has 1 aliphatic heterocycles. The highest BCUT2D eigenvalue weighted by Crippen LogP contribution is 2.39. The normalized spacial score (nSPS) is 18.8. The molecule has 1 saturated carbocycles. The molecule has 0 radical (unpaired) electrons. The van der Waals surface area contributed by atoms with Crippen molar-refractivity contribution in [3.63, 3.8) is 0 Å². The Hall–Kier alpha value is -1.40. The van der Waals surface area contributed by atoms with Gasteiger partial charge < -0.3 is 9.80 Å². The van der Waals surface area contributed by atoms with E-state index in [4.69, 9.17) is 16.6 Å². The molecule has 4 rings (SSSR count). The van der Waals surface area contributed by atoms with E-state index in [0.29, 0.717) is 11.1 Å². The van der Waals surface area contributed by atoms with Crippen molar-refractivity contribution in [2.24, 2.45) is 0 Å². The van der Waals surface area contributed by atoms with Gasteiger partial charge >= 0.3 is 0 Å². The maximum atomic E-state index is 6.17. The third-order valence-electron chi connectivity index (χ3n) is 4.12. The van der Waals surface area contributed by atoms with Gasteiger partial charge in [-0.2, -0.15) is 0 Å². The minimum Gasteiger partial charge on any atom is -0.353 e. The minimum absolute atomic E-state index is 0.525. The summed E-state index contributed by atoms with van der Waals surface area (Å²) in [6, 6.07) is 1.89. The molecule has 2 fully saturated rings. The lowest BCUT2D eigenvalue weighted by atomic mass is 10.3. The molecule has 116 valence electrons. The van der Waals surface area contributed by atoms with Crippen LogP contribution in [-0.2, 0) is 0 Å². The Labute approximate surface area is 139 Å². The van der Waals surface area contributed by atoms with Gasteiger partial charge in [0, 0.05) is 43.5 Å². The number of halogens is 1. The maximum Gasteiger partial charge on any atom is 0.185 e. The average Bonchev–Trinajstić information content (AvgIpc) is 3.29. The molecule has 5 nitrogen and oxygen atoms in total. The van der Waals surface area contributed by atoms with Gasteiger partial charge in [0.25, 0.3) is 0 Å². The lowest BCUT2D eigenvalue weighted by Gasteiger charge is -2.35. The largest absolute Gasteiger partial charge is 0.353 e. The number of hydrogen-bond acceptors (Lipinski definition) is 6. The first-order chi connectivity index (χ1) is 10.7. The van der Waals surface area contributed by atoms with Gasteiger partial charge in [0.1, 0.15) is 16.8 Å². The van der Waals surface area contributed by atoms with Crippen molar-refractivity contribution in [1.82, 2.24) is 15.0 Å². The fourth-order valence-electron chi connectivity index (χ4n) is 2.72. The van der Waals surface area contributed by atoms with Crippen LogP contribution >= 0.6 is 22.9 Å². The molecule has 3 heterocycles. The number of nitrogens with zero attached hydrogens (tertiary/aromatic N) is 5. The molecule has 2 aromatic rings. The number of aryl methyl sites for hydroxylation is 1. The topological polar surface area (TPSA) is 45.2 Å². The fourth-order valence-corrected chi connectivity index (χ4v) is 3.76. The van der Waals surface area contributed by atoms with Crippen molar-refractivity contribution in [3.8, 4) is 0 Å². The van der Waals surface area contributed by atoms with Crippen LogP contribution in [0.25, 0.3) is 0 Å². The summed E-state index contributed by atoms with van der Waals surface area (Å²) in [6.45, 7) is 5.85. The molecule has 0 spiro atoms. The molecular weight excluding hydrogens is 318 g/mol. The highest BCUT2D eigenvalue weighted by Gasteiger charge is 2.28. The number of anilines is 2. The van der Waals surface area contributed by atoms with Crippen LogP contribution in [0.3, 0.4) is 0 Å². The summed E-state index contributed by atoms with van der Waals surface area (Å²) in [4.78, 5) is 18.3. The van der Waals surface area contributed by atoms with Gasteiger partial charge in [-0.15, -0.1) is 11.3 Å². The summed E-state index contributed by atoms with van der Waals surface area (Å²) in [6.07, 6.45) is 2.38. The van der Waals surface area contributed by atoms with Gasteiger partial charge in [-0.3, -0.25) is 0 Å². The molecule has 2 aliphatic rings. The average molecular weight is 336 g/mol. The smallest absolute Gasteiger partial charge is 0.185 e. The number of aromatic nitrogens is 3. The van der Waals surface area contributed by atoms with Crippen LogP contribution in [0.2, 0.25) is 5.15 Å². The van der Waals surface area contributed by atoms with Crippen molar-refractivity contribution in [1.29, 1.82) is 0 Å². The molecule has 0 amide bonds. The highest BCUT2D eigenvalue weighted by atomic mass is 35.5. The van der Waals surface area contributed by atoms with E-state index < -0.39 is 0 Å². The second-order valence-electron chi connectivity index (χ2n) is 5.93. The minimum atomic E-state index is 0.525. The second kappa shape index (κ2) is 5.66. The Morgan fingerprint density at radius 2 is 1.82 bits per heavy atom. The van der Waals surface area contributed by atoms with Crippen LogP contribution in [0.15, 0.2) is 11.4 Å². The van der Waals surface area contributed by atoms with Gasteiger partial charge in [0.2, 0.25) is 0 Å². The predicted octanol–water partition coefficient (Wildman–Crippen LogP) is 3.10. The van der Waals surface area contributed by atoms with Crippen molar-refractivity contribution in [3.05, 3.63) is 28.1 Å². The lowest BCUT2D eigenvalue weighted by Crippen LogP contribution is -2.46.